The molecule has 17 heavy (non-hydrogen) atoms. The predicted molar refractivity (Wildman–Crippen MR) is 61.6 cm³/mol. The fourth-order valence-corrected chi connectivity index (χ4v) is 1.45. The molecule has 0 aromatic carbocycles. The second-order valence-corrected chi connectivity index (χ2v) is 3.45. The molecule has 0 unspecified atom stereocenters. The van der Waals surface area contributed by atoms with Crippen LogP contribution in [0.15, 0.2) is 30.6 Å². The van der Waals surface area contributed by atoms with E-state index in [-0.39, 0.29) is 10.8 Å². The van der Waals surface area contributed by atoms with E-state index in [9.17, 15) is 4.79 Å². The van der Waals surface area contributed by atoms with Crippen molar-refractivity contribution in [2.75, 3.05) is 7.11 Å². The third-order valence-electron chi connectivity index (χ3n) is 2.07. The Kier molecular flexibility index (Phi) is 3.30. The molecule has 5 nitrogen and oxygen atoms in total. The molecule has 0 aliphatic carbocycles. The van der Waals surface area contributed by atoms with E-state index >= 15 is 0 Å². The highest BCUT2D eigenvalue weighted by Crippen LogP contribution is 2.20. The molecular weight excluding hydrogens is 242 g/mol. The number of pyridine rings is 1. The SMILES string of the molecule is COC(=O)c1cnc(Cl)nc1-c1ccccn1. The molecule has 0 aliphatic rings. The van der Waals surface area contributed by atoms with Gasteiger partial charge in [-0.05, 0) is 23.7 Å². The maximum Gasteiger partial charge on any atom is 0.341 e. The number of nitrogens with zero attached hydrogens (tertiary/aromatic N) is 3. The van der Waals surface area contributed by atoms with Crippen LogP contribution in [0, 0.1) is 0 Å². The summed E-state index contributed by atoms with van der Waals surface area (Å²) in [6, 6.07) is 5.29. The first-order valence-electron chi connectivity index (χ1n) is 4.74. The standard InChI is InChI=1S/C11H8ClN3O2/c1-17-10(16)7-6-14-11(12)15-9(7)8-4-2-3-5-13-8/h2-6H,1H3. The van der Waals surface area contributed by atoms with Crippen LogP contribution in [0.2, 0.25) is 5.28 Å². The van der Waals surface area contributed by atoms with Gasteiger partial charge in [0.2, 0.25) is 5.28 Å². The molecule has 0 spiro atoms. The normalized spacial score (nSPS) is 10.0. The molecule has 0 fully saturated rings. The van der Waals surface area contributed by atoms with Gasteiger partial charge < -0.3 is 4.74 Å². The molecule has 2 rings (SSSR count). The second kappa shape index (κ2) is 4.88. The third kappa shape index (κ3) is 2.39. The molecule has 0 saturated heterocycles. The van der Waals surface area contributed by atoms with Crippen LogP contribution in [0.4, 0.5) is 0 Å². The Morgan fingerprint density at radius 1 is 1.35 bits per heavy atom. The average molecular weight is 250 g/mol. The monoisotopic (exact) mass is 249 g/mol. The highest BCUT2D eigenvalue weighted by atomic mass is 35.5. The Morgan fingerprint density at radius 3 is 2.82 bits per heavy atom. The molecule has 0 radical (unpaired) electrons. The Morgan fingerprint density at radius 2 is 2.18 bits per heavy atom. The van der Waals surface area contributed by atoms with Crippen LogP contribution in [0.25, 0.3) is 11.4 Å². The summed E-state index contributed by atoms with van der Waals surface area (Å²) in [6.07, 6.45) is 2.93. The van der Waals surface area contributed by atoms with Crippen molar-refractivity contribution in [2.24, 2.45) is 0 Å². The van der Waals surface area contributed by atoms with Gasteiger partial charge in [0.05, 0.1) is 12.8 Å². The first-order valence-corrected chi connectivity index (χ1v) is 5.12. The number of halogens is 1. The van der Waals surface area contributed by atoms with Crippen molar-refractivity contribution >= 4 is 17.6 Å². The molecule has 2 heterocycles. The minimum Gasteiger partial charge on any atom is -0.465 e. The zero-order valence-corrected chi connectivity index (χ0v) is 9.68. The summed E-state index contributed by atoms with van der Waals surface area (Å²) in [6.45, 7) is 0. The summed E-state index contributed by atoms with van der Waals surface area (Å²) in [5.74, 6) is -0.526. The van der Waals surface area contributed by atoms with Gasteiger partial charge in [-0.1, -0.05) is 6.07 Å². The summed E-state index contributed by atoms with van der Waals surface area (Å²) in [7, 11) is 1.29. The van der Waals surface area contributed by atoms with E-state index in [2.05, 4.69) is 19.7 Å². The van der Waals surface area contributed by atoms with E-state index in [4.69, 9.17) is 11.6 Å². The summed E-state index contributed by atoms with van der Waals surface area (Å²) in [5.41, 5.74) is 1.13. The van der Waals surface area contributed by atoms with Gasteiger partial charge in [0.25, 0.3) is 0 Å². The number of esters is 1. The number of hydrogen-bond donors (Lipinski definition) is 0. The van der Waals surface area contributed by atoms with Gasteiger partial charge in [-0.15, -0.1) is 0 Å². The Balaban J connectivity index is 2.59. The Hall–Kier alpha value is -2.01. The molecule has 0 bridgehead atoms. The lowest BCUT2D eigenvalue weighted by atomic mass is 10.1. The number of aromatic nitrogens is 3. The summed E-state index contributed by atoms with van der Waals surface area (Å²) in [4.78, 5) is 23.4. The van der Waals surface area contributed by atoms with Crippen molar-refractivity contribution in [3.05, 3.63) is 41.4 Å². The quantitative estimate of drug-likeness (QED) is 0.601. The third-order valence-corrected chi connectivity index (χ3v) is 2.25. The zero-order valence-electron chi connectivity index (χ0n) is 8.92. The molecule has 6 heteroatoms. The van der Waals surface area contributed by atoms with E-state index < -0.39 is 5.97 Å². The fourth-order valence-electron chi connectivity index (χ4n) is 1.32. The minimum atomic E-state index is -0.526. The van der Waals surface area contributed by atoms with Crippen molar-refractivity contribution in [3.8, 4) is 11.4 Å². The van der Waals surface area contributed by atoms with E-state index in [1.807, 2.05) is 0 Å². The largest absolute Gasteiger partial charge is 0.465 e. The second-order valence-electron chi connectivity index (χ2n) is 3.11. The molecule has 0 amide bonds. The van der Waals surface area contributed by atoms with Crippen LogP contribution in [0.1, 0.15) is 10.4 Å². The van der Waals surface area contributed by atoms with Crippen LogP contribution in [0.3, 0.4) is 0 Å². The summed E-state index contributed by atoms with van der Waals surface area (Å²) in [5, 5.41) is 0.0540. The Labute approximate surface area is 102 Å². The van der Waals surface area contributed by atoms with E-state index in [1.54, 1.807) is 24.4 Å². The number of carbonyl (C=O) groups is 1. The van der Waals surface area contributed by atoms with Crippen molar-refractivity contribution in [1.29, 1.82) is 0 Å². The van der Waals surface area contributed by atoms with Crippen molar-refractivity contribution in [1.82, 2.24) is 15.0 Å². The first-order chi connectivity index (χ1) is 8.22. The van der Waals surface area contributed by atoms with Gasteiger partial charge in [-0.25, -0.2) is 14.8 Å². The topological polar surface area (TPSA) is 65.0 Å². The lowest BCUT2D eigenvalue weighted by Gasteiger charge is -2.05. The highest BCUT2D eigenvalue weighted by Gasteiger charge is 2.16. The fraction of sp³-hybridized carbons (Fsp3) is 0.0909. The molecule has 2 aromatic rings. The first kappa shape index (κ1) is 11.5. The molecule has 0 saturated carbocycles. The highest BCUT2D eigenvalue weighted by molar-refractivity contribution is 6.28. The molecule has 0 aliphatic heterocycles. The summed E-state index contributed by atoms with van der Waals surface area (Å²) < 4.78 is 4.65. The van der Waals surface area contributed by atoms with Gasteiger partial charge in [0.1, 0.15) is 11.3 Å². The van der Waals surface area contributed by atoms with Gasteiger partial charge in [0, 0.05) is 12.4 Å². The maximum atomic E-state index is 11.5. The van der Waals surface area contributed by atoms with Gasteiger partial charge in [-0.2, -0.15) is 0 Å². The molecule has 2 aromatic heterocycles. The predicted octanol–water partition coefficient (Wildman–Crippen LogP) is 1.98. The van der Waals surface area contributed by atoms with E-state index in [1.165, 1.54) is 13.3 Å². The van der Waals surface area contributed by atoms with Crippen LogP contribution in [-0.4, -0.2) is 28.0 Å². The maximum absolute atomic E-state index is 11.5. The molecule has 0 N–H and O–H groups in total. The number of carbonyl (C=O) groups excluding carboxylic acids is 1. The average Bonchev–Trinajstić information content (AvgIpc) is 2.39. The Bertz CT molecular complexity index is 546. The lowest BCUT2D eigenvalue weighted by Crippen LogP contribution is -2.07. The van der Waals surface area contributed by atoms with Crippen LogP contribution in [-0.2, 0) is 4.74 Å². The smallest absolute Gasteiger partial charge is 0.341 e. The van der Waals surface area contributed by atoms with Crippen molar-refractivity contribution in [2.45, 2.75) is 0 Å². The van der Waals surface area contributed by atoms with Crippen LogP contribution in [0.5, 0.6) is 0 Å². The molecule has 0 atom stereocenters. The number of rotatable bonds is 2. The lowest BCUT2D eigenvalue weighted by molar-refractivity contribution is 0.0600. The van der Waals surface area contributed by atoms with E-state index in [0.717, 1.165) is 0 Å². The van der Waals surface area contributed by atoms with Gasteiger partial charge in [0.15, 0.2) is 0 Å². The van der Waals surface area contributed by atoms with Crippen LogP contribution >= 0.6 is 11.6 Å². The van der Waals surface area contributed by atoms with E-state index in [0.29, 0.717) is 11.4 Å². The van der Waals surface area contributed by atoms with Crippen molar-refractivity contribution in [3.63, 3.8) is 0 Å². The zero-order chi connectivity index (χ0) is 12.3. The number of hydrogen-bond acceptors (Lipinski definition) is 5. The van der Waals surface area contributed by atoms with Crippen molar-refractivity contribution < 1.29 is 9.53 Å². The minimum absolute atomic E-state index is 0.0540. The molecular formula is C11H8ClN3O2. The summed E-state index contributed by atoms with van der Waals surface area (Å²) >= 11 is 5.71. The molecule has 86 valence electrons. The van der Waals surface area contributed by atoms with Gasteiger partial charge in [-0.3, -0.25) is 4.98 Å². The van der Waals surface area contributed by atoms with Gasteiger partial charge >= 0.3 is 5.97 Å². The number of ether oxygens (including phenoxy) is 1. The number of methoxy groups -OCH3 is 1. The van der Waals surface area contributed by atoms with Crippen LogP contribution < -0.4 is 0 Å².